The Labute approximate surface area is 181 Å². The molecule has 9 heteroatoms. The summed E-state index contributed by atoms with van der Waals surface area (Å²) in [6.45, 7) is 5.76. The van der Waals surface area contributed by atoms with E-state index in [-0.39, 0.29) is 22.6 Å². The number of anilines is 2. The first kappa shape index (κ1) is 20.2. The fourth-order valence-electron chi connectivity index (χ4n) is 3.17. The number of hydrogen-bond donors (Lipinski definition) is 1. The number of imide groups is 1. The van der Waals surface area contributed by atoms with Crippen molar-refractivity contribution in [2.24, 2.45) is 0 Å². The summed E-state index contributed by atoms with van der Waals surface area (Å²) < 4.78 is 0.770. The molecule has 0 fully saturated rings. The highest BCUT2D eigenvalue weighted by molar-refractivity contribution is 8.01. The molecule has 0 bridgehead atoms. The number of carbonyl (C=O) groups is 3. The van der Waals surface area contributed by atoms with Gasteiger partial charge in [0.1, 0.15) is 0 Å². The molecule has 3 amide bonds. The smallest absolute Gasteiger partial charge is 0.266 e. The number of hydrogen-bond acceptors (Lipinski definition) is 7. The van der Waals surface area contributed by atoms with Gasteiger partial charge in [0, 0.05) is 5.56 Å². The molecule has 0 unspecified atom stereocenters. The molecule has 1 N–H and O–H groups in total. The summed E-state index contributed by atoms with van der Waals surface area (Å²) in [5.74, 6) is -0.371. The molecule has 2 heterocycles. The highest BCUT2D eigenvalue weighted by atomic mass is 32.2. The topological polar surface area (TPSA) is 92.3 Å². The molecule has 0 spiro atoms. The molecule has 2 aromatic carbocycles. The Balaban J connectivity index is 1.61. The van der Waals surface area contributed by atoms with Crippen molar-refractivity contribution in [3.63, 3.8) is 0 Å². The van der Waals surface area contributed by atoms with Crippen LogP contribution < -0.4 is 10.2 Å². The minimum Gasteiger partial charge on any atom is -0.296 e. The van der Waals surface area contributed by atoms with Crippen LogP contribution in [0.2, 0.25) is 0 Å². The monoisotopic (exact) mass is 438 g/mol. The number of carbonyl (C=O) groups excluding carboxylic acids is 3. The fourth-order valence-corrected chi connectivity index (χ4v) is 4.82. The van der Waals surface area contributed by atoms with Crippen molar-refractivity contribution < 1.29 is 14.4 Å². The average Bonchev–Trinajstić information content (AvgIpc) is 3.26. The van der Waals surface area contributed by atoms with Gasteiger partial charge in [-0.15, -0.1) is 10.2 Å². The van der Waals surface area contributed by atoms with E-state index in [1.54, 1.807) is 11.8 Å². The first-order valence-electron chi connectivity index (χ1n) is 9.26. The summed E-state index contributed by atoms with van der Waals surface area (Å²) in [5, 5.41) is 11.0. The maximum atomic E-state index is 13.0. The number of aryl methyl sites for hydroxylation is 2. The lowest BCUT2D eigenvalue weighted by atomic mass is 10.1. The SMILES string of the molecule is CCSc1nnc(NC(=O)c2ccc3c(c2)C(=O)N(c2cc(C)ccc2C)C3=O)s1. The zero-order valence-electron chi connectivity index (χ0n) is 16.6. The van der Waals surface area contributed by atoms with Gasteiger partial charge >= 0.3 is 0 Å². The average molecular weight is 439 g/mol. The molecule has 4 rings (SSSR count). The van der Waals surface area contributed by atoms with Crippen LogP contribution in [0.25, 0.3) is 0 Å². The third kappa shape index (κ3) is 3.61. The number of amides is 3. The molecule has 7 nitrogen and oxygen atoms in total. The van der Waals surface area contributed by atoms with E-state index in [0.29, 0.717) is 10.8 Å². The Morgan fingerprint density at radius 2 is 1.83 bits per heavy atom. The van der Waals surface area contributed by atoms with Gasteiger partial charge in [-0.3, -0.25) is 19.7 Å². The molecule has 0 saturated carbocycles. The van der Waals surface area contributed by atoms with Gasteiger partial charge < -0.3 is 0 Å². The van der Waals surface area contributed by atoms with Crippen molar-refractivity contribution >= 4 is 51.6 Å². The number of nitrogens with one attached hydrogen (secondary N) is 1. The maximum Gasteiger partial charge on any atom is 0.266 e. The van der Waals surface area contributed by atoms with Crippen LogP contribution in [0.3, 0.4) is 0 Å². The number of rotatable bonds is 5. The second-order valence-corrected chi connectivity index (χ2v) is 9.24. The number of aromatic nitrogens is 2. The van der Waals surface area contributed by atoms with Gasteiger partial charge in [-0.05, 0) is 55.0 Å². The van der Waals surface area contributed by atoms with Crippen molar-refractivity contribution in [2.45, 2.75) is 25.1 Å². The molecule has 1 aliphatic heterocycles. The van der Waals surface area contributed by atoms with Gasteiger partial charge in [0.05, 0.1) is 16.8 Å². The van der Waals surface area contributed by atoms with Crippen molar-refractivity contribution in [3.8, 4) is 0 Å². The molecule has 152 valence electrons. The zero-order valence-corrected chi connectivity index (χ0v) is 18.2. The van der Waals surface area contributed by atoms with Crippen molar-refractivity contribution in [1.82, 2.24) is 10.2 Å². The Morgan fingerprint density at radius 1 is 1.07 bits per heavy atom. The second-order valence-electron chi connectivity index (χ2n) is 6.76. The van der Waals surface area contributed by atoms with Gasteiger partial charge in [-0.25, -0.2) is 4.90 Å². The van der Waals surface area contributed by atoms with E-state index in [4.69, 9.17) is 0 Å². The van der Waals surface area contributed by atoms with Gasteiger partial charge in [-0.2, -0.15) is 0 Å². The minimum absolute atomic E-state index is 0.216. The van der Waals surface area contributed by atoms with Crippen LogP contribution in [-0.4, -0.2) is 33.7 Å². The first-order chi connectivity index (χ1) is 14.4. The zero-order chi connectivity index (χ0) is 21.4. The molecule has 1 aromatic heterocycles. The standard InChI is InChI=1S/C21H18N4O3S2/c1-4-29-21-24-23-20(30-21)22-17(26)13-7-8-14-15(10-13)19(28)25(18(14)27)16-9-11(2)5-6-12(16)3/h5-10H,4H2,1-3H3,(H,22,23,26). The molecular formula is C21H18N4O3S2. The van der Waals surface area contributed by atoms with Gasteiger partial charge in [0.2, 0.25) is 5.13 Å². The van der Waals surface area contributed by atoms with E-state index in [1.165, 1.54) is 34.4 Å². The van der Waals surface area contributed by atoms with Crippen LogP contribution >= 0.6 is 23.1 Å². The van der Waals surface area contributed by atoms with E-state index < -0.39 is 11.8 Å². The number of nitrogens with zero attached hydrogens (tertiary/aromatic N) is 3. The molecule has 3 aromatic rings. The van der Waals surface area contributed by atoms with Gasteiger partial charge in [0.15, 0.2) is 4.34 Å². The lowest BCUT2D eigenvalue weighted by Gasteiger charge is -2.17. The molecule has 0 atom stereocenters. The minimum atomic E-state index is -0.434. The molecule has 0 radical (unpaired) electrons. The summed E-state index contributed by atoms with van der Waals surface area (Å²) in [6, 6.07) is 10.1. The predicted molar refractivity (Wildman–Crippen MR) is 118 cm³/mol. The Kier molecular flexibility index (Phi) is 5.40. The van der Waals surface area contributed by atoms with Crippen LogP contribution in [0, 0.1) is 13.8 Å². The molecule has 30 heavy (non-hydrogen) atoms. The Morgan fingerprint density at radius 3 is 2.60 bits per heavy atom. The Bertz CT molecular complexity index is 1190. The number of thioether (sulfide) groups is 1. The number of benzene rings is 2. The normalized spacial score (nSPS) is 13.0. The summed E-state index contributed by atoms with van der Waals surface area (Å²) >= 11 is 2.83. The van der Waals surface area contributed by atoms with E-state index in [0.717, 1.165) is 21.2 Å². The van der Waals surface area contributed by atoms with Gasteiger partial charge in [0.25, 0.3) is 17.7 Å². The highest BCUT2D eigenvalue weighted by Crippen LogP contribution is 2.32. The second kappa shape index (κ2) is 8.00. The molecule has 1 aliphatic rings. The van der Waals surface area contributed by atoms with Gasteiger partial charge in [-0.1, -0.05) is 42.2 Å². The summed E-state index contributed by atoms with van der Waals surface area (Å²) in [4.78, 5) is 39.7. The summed E-state index contributed by atoms with van der Waals surface area (Å²) in [6.07, 6.45) is 0. The van der Waals surface area contributed by atoms with Crippen LogP contribution in [0.5, 0.6) is 0 Å². The molecule has 0 aliphatic carbocycles. The first-order valence-corrected chi connectivity index (χ1v) is 11.1. The van der Waals surface area contributed by atoms with Crippen molar-refractivity contribution in [2.75, 3.05) is 16.0 Å². The molecule has 0 saturated heterocycles. The van der Waals surface area contributed by atoms with Crippen LogP contribution in [0.15, 0.2) is 40.7 Å². The molecular weight excluding hydrogens is 420 g/mol. The largest absolute Gasteiger partial charge is 0.296 e. The third-order valence-corrected chi connectivity index (χ3v) is 6.50. The van der Waals surface area contributed by atoms with Crippen molar-refractivity contribution in [3.05, 3.63) is 64.2 Å². The van der Waals surface area contributed by atoms with E-state index in [2.05, 4.69) is 15.5 Å². The van der Waals surface area contributed by atoms with E-state index in [1.807, 2.05) is 39.0 Å². The Hall–Kier alpha value is -3.04. The van der Waals surface area contributed by atoms with E-state index >= 15 is 0 Å². The third-order valence-electron chi connectivity index (χ3n) is 4.65. The summed E-state index contributed by atoms with van der Waals surface area (Å²) in [7, 11) is 0. The highest BCUT2D eigenvalue weighted by Gasteiger charge is 2.37. The summed E-state index contributed by atoms with van der Waals surface area (Å²) in [5.41, 5.74) is 3.11. The van der Waals surface area contributed by atoms with Crippen LogP contribution in [0.1, 0.15) is 49.1 Å². The fraction of sp³-hybridized carbons (Fsp3) is 0.190. The lowest BCUT2D eigenvalue weighted by molar-refractivity contribution is 0.0925. The number of fused-ring (bicyclic) bond motifs is 1. The lowest BCUT2D eigenvalue weighted by Crippen LogP contribution is -2.30. The van der Waals surface area contributed by atoms with Crippen LogP contribution in [0.4, 0.5) is 10.8 Å². The quantitative estimate of drug-likeness (QED) is 0.362. The van der Waals surface area contributed by atoms with Crippen molar-refractivity contribution in [1.29, 1.82) is 0 Å². The maximum absolute atomic E-state index is 13.0. The predicted octanol–water partition coefficient (Wildman–Crippen LogP) is 4.32. The van der Waals surface area contributed by atoms with Crippen LogP contribution in [-0.2, 0) is 0 Å². The van der Waals surface area contributed by atoms with E-state index in [9.17, 15) is 14.4 Å².